The van der Waals surface area contributed by atoms with Crippen molar-refractivity contribution in [1.82, 2.24) is 0 Å². The SMILES string of the molecule is CC(C)c1cc(C(N)=O)c(NC(=O)CCc2ccccc2)s1. The summed E-state index contributed by atoms with van der Waals surface area (Å²) in [7, 11) is 0. The minimum Gasteiger partial charge on any atom is -0.366 e. The van der Waals surface area contributed by atoms with E-state index >= 15 is 0 Å². The Kier molecular flexibility index (Phi) is 5.33. The number of nitrogens with two attached hydrogens (primary N) is 1. The number of benzene rings is 1. The van der Waals surface area contributed by atoms with E-state index in [9.17, 15) is 9.59 Å². The van der Waals surface area contributed by atoms with Crippen LogP contribution >= 0.6 is 11.3 Å². The van der Waals surface area contributed by atoms with Crippen LogP contribution in [-0.4, -0.2) is 11.8 Å². The van der Waals surface area contributed by atoms with Gasteiger partial charge in [-0.2, -0.15) is 0 Å². The van der Waals surface area contributed by atoms with Crippen molar-refractivity contribution in [2.45, 2.75) is 32.6 Å². The van der Waals surface area contributed by atoms with Crippen LogP contribution in [0.1, 0.15) is 47.0 Å². The number of carbonyl (C=O) groups excluding carboxylic acids is 2. The van der Waals surface area contributed by atoms with E-state index in [-0.39, 0.29) is 11.8 Å². The van der Waals surface area contributed by atoms with E-state index in [4.69, 9.17) is 5.73 Å². The van der Waals surface area contributed by atoms with Crippen molar-refractivity contribution < 1.29 is 9.59 Å². The van der Waals surface area contributed by atoms with E-state index < -0.39 is 5.91 Å². The van der Waals surface area contributed by atoms with Crippen LogP contribution in [0.4, 0.5) is 5.00 Å². The molecule has 0 aliphatic heterocycles. The van der Waals surface area contributed by atoms with Crippen LogP contribution in [0.2, 0.25) is 0 Å². The molecule has 0 aliphatic carbocycles. The first-order chi connectivity index (χ1) is 10.5. The van der Waals surface area contributed by atoms with Gasteiger partial charge in [0.2, 0.25) is 5.91 Å². The molecule has 2 rings (SSSR count). The molecule has 2 amide bonds. The lowest BCUT2D eigenvalue weighted by atomic mass is 10.1. The Hall–Kier alpha value is -2.14. The van der Waals surface area contributed by atoms with Gasteiger partial charge in [-0.05, 0) is 24.0 Å². The number of aryl methyl sites for hydroxylation is 1. The topological polar surface area (TPSA) is 72.2 Å². The predicted octanol–water partition coefficient (Wildman–Crippen LogP) is 3.54. The standard InChI is InChI=1S/C17H20N2O2S/c1-11(2)14-10-13(16(18)21)17(22-14)19-15(20)9-8-12-6-4-3-5-7-12/h3-7,10-11H,8-9H2,1-2H3,(H2,18,21)(H,19,20). The van der Waals surface area contributed by atoms with Gasteiger partial charge in [-0.3, -0.25) is 9.59 Å². The normalized spacial score (nSPS) is 10.7. The molecule has 1 heterocycles. The molecule has 2 aromatic rings. The molecule has 116 valence electrons. The lowest BCUT2D eigenvalue weighted by molar-refractivity contribution is -0.116. The van der Waals surface area contributed by atoms with Gasteiger partial charge in [0, 0.05) is 11.3 Å². The highest BCUT2D eigenvalue weighted by molar-refractivity contribution is 7.16. The monoisotopic (exact) mass is 316 g/mol. The highest BCUT2D eigenvalue weighted by Crippen LogP contribution is 2.32. The van der Waals surface area contributed by atoms with Gasteiger partial charge in [-0.1, -0.05) is 44.2 Å². The van der Waals surface area contributed by atoms with Crippen molar-refractivity contribution in [2.24, 2.45) is 5.73 Å². The molecule has 5 heteroatoms. The summed E-state index contributed by atoms with van der Waals surface area (Å²) in [6.07, 6.45) is 1.04. The Bertz CT molecular complexity index is 663. The van der Waals surface area contributed by atoms with Crippen molar-refractivity contribution in [3.05, 3.63) is 52.4 Å². The van der Waals surface area contributed by atoms with Crippen molar-refractivity contribution >= 4 is 28.2 Å². The van der Waals surface area contributed by atoms with Gasteiger partial charge in [0.25, 0.3) is 5.91 Å². The fourth-order valence-corrected chi connectivity index (χ4v) is 3.14. The Morgan fingerprint density at radius 1 is 1.23 bits per heavy atom. The average Bonchev–Trinajstić information content (AvgIpc) is 2.90. The molecule has 0 atom stereocenters. The van der Waals surface area contributed by atoms with E-state index in [1.807, 2.05) is 44.2 Å². The highest BCUT2D eigenvalue weighted by atomic mass is 32.1. The van der Waals surface area contributed by atoms with E-state index in [0.717, 1.165) is 10.4 Å². The maximum Gasteiger partial charge on any atom is 0.251 e. The quantitative estimate of drug-likeness (QED) is 0.855. The van der Waals surface area contributed by atoms with Gasteiger partial charge in [-0.15, -0.1) is 11.3 Å². The van der Waals surface area contributed by atoms with Crippen molar-refractivity contribution in [2.75, 3.05) is 5.32 Å². The summed E-state index contributed by atoms with van der Waals surface area (Å²) < 4.78 is 0. The molecule has 22 heavy (non-hydrogen) atoms. The highest BCUT2D eigenvalue weighted by Gasteiger charge is 2.17. The minimum atomic E-state index is -0.512. The van der Waals surface area contributed by atoms with Crippen molar-refractivity contribution in [3.63, 3.8) is 0 Å². The molecular weight excluding hydrogens is 296 g/mol. The first-order valence-electron chi connectivity index (χ1n) is 7.24. The lowest BCUT2D eigenvalue weighted by Crippen LogP contribution is -2.16. The van der Waals surface area contributed by atoms with E-state index in [2.05, 4.69) is 5.32 Å². The molecule has 0 bridgehead atoms. The second kappa shape index (κ2) is 7.22. The summed E-state index contributed by atoms with van der Waals surface area (Å²) in [6.45, 7) is 4.08. The zero-order chi connectivity index (χ0) is 16.1. The zero-order valence-electron chi connectivity index (χ0n) is 12.8. The number of carbonyl (C=O) groups is 2. The van der Waals surface area contributed by atoms with E-state index in [0.29, 0.717) is 23.4 Å². The van der Waals surface area contributed by atoms with Crippen LogP contribution in [0.3, 0.4) is 0 Å². The zero-order valence-corrected chi connectivity index (χ0v) is 13.6. The number of thiophene rings is 1. The molecule has 3 N–H and O–H groups in total. The molecule has 0 fully saturated rings. The molecule has 4 nitrogen and oxygen atoms in total. The fraction of sp³-hybridized carbons (Fsp3) is 0.294. The van der Waals surface area contributed by atoms with Gasteiger partial charge in [0.05, 0.1) is 5.56 Å². The number of rotatable bonds is 6. The number of anilines is 1. The Labute approximate surface area is 134 Å². The van der Waals surface area contributed by atoms with Crippen molar-refractivity contribution in [3.8, 4) is 0 Å². The summed E-state index contributed by atoms with van der Waals surface area (Å²) in [5.41, 5.74) is 6.89. The molecule has 1 aromatic heterocycles. The van der Waals surface area contributed by atoms with Gasteiger partial charge in [0.15, 0.2) is 0 Å². The lowest BCUT2D eigenvalue weighted by Gasteiger charge is -2.05. The molecule has 0 radical (unpaired) electrons. The predicted molar refractivity (Wildman–Crippen MR) is 90.3 cm³/mol. The second-order valence-corrected chi connectivity index (χ2v) is 6.53. The van der Waals surface area contributed by atoms with Crippen LogP contribution in [0.25, 0.3) is 0 Å². The van der Waals surface area contributed by atoms with Gasteiger partial charge < -0.3 is 11.1 Å². The van der Waals surface area contributed by atoms with Crippen LogP contribution in [-0.2, 0) is 11.2 Å². The number of amides is 2. The number of hydrogen-bond donors (Lipinski definition) is 2. The van der Waals surface area contributed by atoms with Crippen LogP contribution in [0.5, 0.6) is 0 Å². The Morgan fingerprint density at radius 3 is 2.50 bits per heavy atom. The van der Waals surface area contributed by atoms with Gasteiger partial charge in [0.1, 0.15) is 5.00 Å². The Balaban J connectivity index is 2.03. The molecule has 1 aromatic carbocycles. The molecule has 0 aliphatic rings. The molecule has 0 saturated heterocycles. The average molecular weight is 316 g/mol. The van der Waals surface area contributed by atoms with E-state index in [1.54, 1.807) is 6.07 Å². The molecule has 0 unspecified atom stereocenters. The van der Waals surface area contributed by atoms with Crippen LogP contribution < -0.4 is 11.1 Å². The largest absolute Gasteiger partial charge is 0.366 e. The summed E-state index contributed by atoms with van der Waals surface area (Å²) in [6, 6.07) is 11.6. The third-order valence-electron chi connectivity index (χ3n) is 3.32. The first-order valence-corrected chi connectivity index (χ1v) is 8.06. The van der Waals surface area contributed by atoms with Gasteiger partial charge >= 0.3 is 0 Å². The smallest absolute Gasteiger partial charge is 0.251 e. The Morgan fingerprint density at radius 2 is 1.91 bits per heavy atom. The summed E-state index contributed by atoms with van der Waals surface area (Å²) >= 11 is 1.41. The van der Waals surface area contributed by atoms with Crippen molar-refractivity contribution in [1.29, 1.82) is 0 Å². The summed E-state index contributed by atoms with van der Waals surface area (Å²) in [4.78, 5) is 24.6. The number of hydrogen-bond acceptors (Lipinski definition) is 3. The summed E-state index contributed by atoms with van der Waals surface area (Å²) in [5, 5.41) is 3.37. The van der Waals surface area contributed by atoms with Crippen LogP contribution in [0, 0.1) is 0 Å². The third kappa shape index (κ3) is 4.18. The first kappa shape index (κ1) is 16.2. The molecular formula is C17H20N2O2S. The minimum absolute atomic E-state index is 0.108. The number of nitrogens with one attached hydrogen (secondary N) is 1. The van der Waals surface area contributed by atoms with Gasteiger partial charge in [-0.25, -0.2) is 0 Å². The second-order valence-electron chi connectivity index (χ2n) is 5.44. The fourth-order valence-electron chi connectivity index (χ4n) is 2.06. The maximum absolute atomic E-state index is 12.1. The third-order valence-corrected chi connectivity index (χ3v) is 4.67. The molecule has 0 saturated carbocycles. The van der Waals surface area contributed by atoms with Crippen LogP contribution in [0.15, 0.2) is 36.4 Å². The molecule has 0 spiro atoms. The summed E-state index contributed by atoms with van der Waals surface area (Å²) in [5.74, 6) is -0.330. The van der Waals surface area contributed by atoms with E-state index in [1.165, 1.54) is 11.3 Å². The maximum atomic E-state index is 12.1. The number of primary amides is 1.